The number of alkyl carbamates (subject to hydrolysis) is 1. The lowest BCUT2D eigenvalue weighted by Crippen LogP contribution is -2.57. The first-order chi connectivity index (χ1) is 16.4. The maximum atomic E-state index is 14.1. The molecule has 0 bridgehead atoms. The third kappa shape index (κ3) is 9.17. The van der Waals surface area contributed by atoms with Crippen molar-refractivity contribution < 1.29 is 23.9 Å². The Morgan fingerprint density at radius 2 is 1.56 bits per heavy atom. The van der Waals surface area contributed by atoms with E-state index in [1.54, 1.807) is 20.8 Å². The molecule has 3 atom stereocenters. The van der Waals surface area contributed by atoms with Crippen LogP contribution in [0.3, 0.4) is 0 Å². The number of rotatable bonds is 9. The minimum Gasteiger partial charge on any atom is -0.444 e. The molecule has 4 N–H and O–H groups in total. The van der Waals surface area contributed by atoms with Gasteiger partial charge in [-0.3, -0.25) is 14.4 Å². The molecular formula is C27H44N4O5. The Kier molecular flexibility index (Phi) is 10.5. The van der Waals surface area contributed by atoms with Gasteiger partial charge in [0, 0.05) is 11.6 Å². The fraction of sp³-hybridized carbons (Fsp3) is 0.630. The topological polar surface area (TPSA) is 131 Å². The van der Waals surface area contributed by atoms with Gasteiger partial charge in [-0.15, -0.1) is 0 Å². The van der Waals surface area contributed by atoms with Crippen molar-refractivity contribution in [2.24, 2.45) is 5.73 Å². The molecule has 0 aliphatic carbocycles. The third-order valence-electron chi connectivity index (χ3n) is 5.55. The first-order valence-electron chi connectivity index (χ1n) is 12.4. The number of nitrogens with two attached hydrogens (primary N) is 1. The van der Waals surface area contributed by atoms with Gasteiger partial charge in [-0.1, -0.05) is 25.1 Å². The second-order valence-corrected chi connectivity index (χ2v) is 11.3. The van der Waals surface area contributed by atoms with Crippen LogP contribution >= 0.6 is 0 Å². The van der Waals surface area contributed by atoms with Gasteiger partial charge >= 0.3 is 6.09 Å². The number of primary amides is 1. The maximum absolute atomic E-state index is 14.1. The second kappa shape index (κ2) is 12.2. The summed E-state index contributed by atoms with van der Waals surface area (Å²) in [4.78, 5) is 53.7. The van der Waals surface area contributed by atoms with Crippen molar-refractivity contribution in [3.8, 4) is 0 Å². The zero-order valence-corrected chi connectivity index (χ0v) is 23.4. The van der Waals surface area contributed by atoms with E-state index < -0.39 is 53.6 Å². The summed E-state index contributed by atoms with van der Waals surface area (Å²) in [6.07, 6.45) is -0.758. The van der Waals surface area contributed by atoms with Crippen LogP contribution in [0, 0.1) is 13.8 Å². The monoisotopic (exact) mass is 504 g/mol. The smallest absolute Gasteiger partial charge is 0.408 e. The van der Waals surface area contributed by atoms with Crippen LogP contribution in [0.1, 0.15) is 91.0 Å². The third-order valence-corrected chi connectivity index (χ3v) is 5.55. The van der Waals surface area contributed by atoms with Gasteiger partial charge < -0.3 is 26.0 Å². The number of nitrogens with one attached hydrogen (secondary N) is 2. The summed E-state index contributed by atoms with van der Waals surface area (Å²) in [5, 5.41) is 5.50. The molecule has 9 heteroatoms. The molecule has 0 aromatic heterocycles. The van der Waals surface area contributed by atoms with Crippen LogP contribution in [0.5, 0.6) is 0 Å². The minimum absolute atomic E-state index is 0.358. The Morgan fingerprint density at radius 3 is 1.97 bits per heavy atom. The van der Waals surface area contributed by atoms with Crippen molar-refractivity contribution in [2.75, 3.05) is 0 Å². The normalized spacial score (nSPS) is 14.3. The van der Waals surface area contributed by atoms with Crippen LogP contribution in [-0.4, -0.2) is 51.9 Å². The zero-order chi connectivity index (χ0) is 28.0. The lowest BCUT2D eigenvalue weighted by atomic mass is 9.91. The van der Waals surface area contributed by atoms with E-state index in [4.69, 9.17) is 10.5 Å². The van der Waals surface area contributed by atoms with E-state index in [1.165, 1.54) is 4.90 Å². The number of benzene rings is 1. The van der Waals surface area contributed by atoms with Gasteiger partial charge in [0.15, 0.2) is 0 Å². The highest BCUT2D eigenvalue weighted by Gasteiger charge is 2.40. The van der Waals surface area contributed by atoms with Crippen molar-refractivity contribution in [3.63, 3.8) is 0 Å². The van der Waals surface area contributed by atoms with Gasteiger partial charge in [-0.05, 0) is 85.4 Å². The number of amides is 4. The van der Waals surface area contributed by atoms with E-state index in [0.29, 0.717) is 12.0 Å². The number of carbonyl (C=O) groups is 4. The minimum atomic E-state index is -1.30. The molecule has 1 aromatic carbocycles. The van der Waals surface area contributed by atoms with E-state index in [-0.39, 0.29) is 5.91 Å². The summed E-state index contributed by atoms with van der Waals surface area (Å²) in [5.41, 5.74) is 6.46. The van der Waals surface area contributed by atoms with Crippen molar-refractivity contribution in [3.05, 3.63) is 34.9 Å². The highest BCUT2D eigenvalue weighted by Crippen LogP contribution is 2.31. The Labute approximate surface area is 215 Å². The van der Waals surface area contributed by atoms with E-state index >= 15 is 0 Å². The average Bonchev–Trinajstić information content (AvgIpc) is 2.68. The molecule has 0 radical (unpaired) electrons. The first kappa shape index (κ1) is 30.9. The van der Waals surface area contributed by atoms with E-state index in [9.17, 15) is 19.2 Å². The Morgan fingerprint density at radius 1 is 1.03 bits per heavy atom. The Hall–Kier alpha value is -3.10. The lowest BCUT2D eigenvalue weighted by Gasteiger charge is -2.40. The van der Waals surface area contributed by atoms with E-state index in [2.05, 4.69) is 10.6 Å². The first-order valence-corrected chi connectivity index (χ1v) is 12.4. The second-order valence-electron chi connectivity index (χ2n) is 11.3. The molecular weight excluding hydrogens is 460 g/mol. The lowest BCUT2D eigenvalue weighted by molar-refractivity contribution is -0.146. The van der Waals surface area contributed by atoms with Gasteiger partial charge in [-0.25, -0.2) is 4.79 Å². The van der Waals surface area contributed by atoms with Crippen LogP contribution in [0.15, 0.2) is 18.2 Å². The molecule has 1 rings (SSSR count). The van der Waals surface area contributed by atoms with Gasteiger partial charge in [0.25, 0.3) is 0 Å². The largest absolute Gasteiger partial charge is 0.444 e. The van der Waals surface area contributed by atoms with E-state index in [1.807, 2.05) is 66.7 Å². The fourth-order valence-corrected chi connectivity index (χ4v) is 3.92. The van der Waals surface area contributed by atoms with Gasteiger partial charge in [0.2, 0.25) is 17.7 Å². The standard InChI is InChI=1S/C27H44N4O5/c1-11-18(4)31(24(34)19(15-20(28)32)29-25(35)36-27(8,9)10)22(23(33)30-26(5,6)7)21-16(2)13-12-14-17(21)3/h12-14,18-19,22H,11,15H2,1-10H3,(H2,28,32)(H,29,35)(H,30,33). The van der Waals surface area contributed by atoms with Crippen molar-refractivity contribution in [1.82, 2.24) is 15.5 Å². The molecule has 3 unspecified atom stereocenters. The van der Waals surface area contributed by atoms with Crippen molar-refractivity contribution >= 4 is 23.8 Å². The molecule has 9 nitrogen and oxygen atoms in total. The fourth-order valence-electron chi connectivity index (χ4n) is 3.92. The molecule has 202 valence electrons. The maximum Gasteiger partial charge on any atom is 0.408 e. The highest BCUT2D eigenvalue weighted by molar-refractivity contribution is 5.95. The number of carbonyl (C=O) groups excluding carboxylic acids is 4. The summed E-state index contributed by atoms with van der Waals surface area (Å²) in [7, 11) is 0. The molecule has 0 fully saturated rings. The van der Waals surface area contributed by atoms with Crippen LogP contribution in [0.2, 0.25) is 0 Å². The predicted molar refractivity (Wildman–Crippen MR) is 140 cm³/mol. The SMILES string of the molecule is CCC(C)N(C(=O)C(CC(N)=O)NC(=O)OC(C)(C)C)C(C(=O)NC(C)(C)C)c1c(C)cccc1C. The summed E-state index contributed by atoms with van der Waals surface area (Å²) in [6.45, 7) is 18.2. The highest BCUT2D eigenvalue weighted by atomic mass is 16.6. The summed E-state index contributed by atoms with van der Waals surface area (Å²) in [5.74, 6) is -1.72. The van der Waals surface area contributed by atoms with E-state index in [0.717, 1.165) is 11.1 Å². The molecule has 4 amide bonds. The quantitative estimate of drug-likeness (QED) is 0.472. The molecule has 36 heavy (non-hydrogen) atoms. The van der Waals surface area contributed by atoms with Crippen molar-refractivity contribution in [2.45, 2.75) is 111 Å². The molecule has 0 aliphatic heterocycles. The van der Waals surface area contributed by atoms with Crippen LogP contribution < -0.4 is 16.4 Å². The van der Waals surface area contributed by atoms with Crippen LogP contribution in [0.4, 0.5) is 4.79 Å². The van der Waals surface area contributed by atoms with Crippen LogP contribution in [0.25, 0.3) is 0 Å². The van der Waals surface area contributed by atoms with Gasteiger partial charge in [0.1, 0.15) is 17.7 Å². The molecule has 0 heterocycles. The zero-order valence-electron chi connectivity index (χ0n) is 23.4. The summed E-state index contributed by atoms with van der Waals surface area (Å²) >= 11 is 0. The number of ether oxygens (including phenoxy) is 1. The summed E-state index contributed by atoms with van der Waals surface area (Å²) < 4.78 is 5.31. The molecule has 0 saturated carbocycles. The summed E-state index contributed by atoms with van der Waals surface area (Å²) in [6, 6.07) is 2.96. The number of hydrogen-bond acceptors (Lipinski definition) is 5. The van der Waals surface area contributed by atoms with Gasteiger partial charge in [-0.2, -0.15) is 0 Å². The average molecular weight is 505 g/mol. The molecule has 0 saturated heterocycles. The molecule has 1 aromatic rings. The van der Waals surface area contributed by atoms with Crippen molar-refractivity contribution in [1.29, 1.82) is 0 Å². The Balaban J connectivity index is 3.69. The van der Waals surface area contributed by atoms with Gasteiger partial charge in [0.05, 0.1) is 6.42 Å². The molecule has 0 spiro atoms. The number of hydrogen-bond donors (Lipinski definition) is 3. The van der Waals surface area contributed by atoms with Crippen LogP contribution in [-0.2, 0) is 19.1 Å². The number of nitrogens with zero attached hydrogens (tertiary/aromatic N) is 1. The number of aryl methyl sites for hydroxylation is 2. The Bertz CT molecular complexity index is 942. The predicted octanol–water partition coefficient (Wildman–Crippen LogP) is 3.66. The molecule has 0 aliphatic rings.